The Labute approximate surface area is 210 Å². The molecule has 2 amide bonds. The van der Waals surface area contributed by atoms with Gasteiger partial charge in [0, 0.05) is 28.0 Å². The normalized spacial score (nSPS) is 28.5. The van der Waals surface area contributed by atoms with Crippen LogP contribution in [-0.2, 0) is 25.7 Å². The highest BCUT2D eigenvalue weighted by molar-refractivity contribution is 8.03. The number of esters is 1. The molecule has 0 aliphatic carbocycles. The first-order valence-electron chi connectivity index (χ1n) is 11.4. The topological polar surface area (TPSA) is 158 Å². The molecule has 0 bridgehead atoms. The van der Waals surface area contributed by atoms with Crippen molar-refractivity contribution in [1.82, 2.24) is 20.5 Å². The number of ether oxygens (including phenoxy) is 1. The van der Waals surface area contributed by atoms with Crippen molar-refractivity contribution in [2.24, 2.45) is 11.8 Å². The summed E-state index contributed by atoms with van der Waals surface area (Å²) in [6, 6.07) is -0.811. The molecule has 0 radical (unpaired) electrons. The van der Waals surface area contributed by atoms with Crippen molar-refractivity contribution in [1.29, 1.82) is 0 Å². The smallest absolute Gasteiger partial charge is 0.357 e. The summed E-state index contributed by atoms with van der Waals surface area (Å²) in [5, 5.41) is 27.9. The average Bonchev–Trinajstić information content (AvgIpc) is 3.51. The first-order valence-corrected chi connectivity index (χ1v) is 13.2. The molecular weight excluding hydrogens is 496 g/mol. The summed E-state index contributed by atoms with van der Waals surface area (Å²) in [7, 11) is 0. The summed E-state index contributed by atoms with van der Waals surface area (Å²) in [4.78, 5) is 55.0. The van der Waals surface area contributed by atoms with Crippen LogP contribution in [0.5, 0.6) is 0 Å². The van der Waals surface area contributed by atoms with Crippen LogP contribution < -0.4 is 10.6 Å². The van der Waals surface area contributed by atoms with Crippen LogP contribution >= 0.6 is 23.1 Å². The number of nitrogens with zero attached hydrogens (tertiary/aromatic N) is 2. The van der Waals surface area contributed by atoms with Crippen LogP contribution in [0.15, 0.2) is 16.0 Å². The van der Waals surface area contributed by atoms with E-state index >= 15 is 0 Å². The third-order valence-electron chi connectivity index (χ3n) is 6.46. The molecule has 2 saturated heterocycles. The number of β-lactam (4-membered cyclic amide) rings is 1. The largest absolute Gasteiger partial charge is 0.477 e. The lowest BCUT2D eigenvalue weighted by molar-refractivity contribution is -0.163. The number of aliphatic hydroxyl groups excluding tert-OH is 1. The number of hydrogen-bond donors (Lipinski definition) is 4. The zero-order valence-electron chi connectivity index (χ0n) is 19.5. The van der Waals surface area contributed by atoms with E-state index in [9.17, 15) is 29.4 Å². The van der Waals surface area contributed by atoms with Crippen molar-refractivity contribution < 1.29 is 34.1 Å². The van der Waals surface area contributed by atoms with Gasteiger partial charge in [-0.3, -0.25) is 9.59 Å². The number of rotatable bonds is 9. The number of carbonyl (C=O) groups excluding carboxylic acids is 3. The SMILES string of the molecule is CCOC(=O)c1csc(CNC(=O)[C@@H]2C[C@H](SC3=C(C(=O)O)N4C(=O)[C@H]([C@@H](C)O)[C@H]4[C@H]3C)CN2)n1. The summed E-state index contributed by atoms with van der Waals surface area (Å²) < 4.78 is 4.92. The van der Waals surface area contributed by atoms with E-state index in [2.05, 4.69) is 15.6 Å². The summed E-state index contributed by atoms with van der Waals surface area (Å²) >= 11 is 2.65. The standard InChI is InChI=1S/C22H28N4O7S2/c1-4-33-22(32)13-8-34-14(25-13)7-24-19(28)12-5-11(6-23-12)35-18-9(2)16-15(10(3)27)20(29)26(16)17(18)21(30)31/h8-12,15-16,23,27H,4-7H2,1-3H3,(H,24,28)(H,30,31)/t9-,10-,11+,12+,15-,16-/m1/s1. The maximum Gasteiger partial charge on any atom is 0.357 e. The molecule has 4 N–H and O–H groups in total. The molecule has 13 heteroatoms. The van der Waals surface area contributed by atoms with Crippen LogP contribution in [0.25, 0.3) is 0 Å². The minimum atomic E-state index is -1.16. The van der Waals surface area contributed by atoms with E-state index in [1.54, 1.807) is 19.2 Å². The molecule has 3 aliphatic rings. The molecule has 11 nitrogen and oxygen atoms in total. The maximum absolute atomic E-state index is 12.7. The molecule has 190 valence electrons. The maximum atomic E-state index is 12.7. The van der Waals surface area contributed by atoms with Gasteiger partial charge >= 0.3 is 11.9 Å². The van der Waals surface area contributed by atoms with Gasteiger partial charge in [0.1, 0.15) is 10.7 Å². The Morgan fingerprint density at radius 2 is 2.17 bits per heavy atom. The van der Waals surface area contributed by atoms with Crippen LogP contribution in [0.3, 0.4) is 0 Å². The van der Waals surface area contributed by atoms with Crippen LogP contribution in [0.2, 0.25) is 0 Å². The van der Waals surface area contributed by atoms with E-state index in [-0.39, 0.29) is 53.6 Å². The van der Waals surface area contributed by atoms with Crippen LogP contribution in [0.4, 0.5) is 0 Å². The third-order valence-corrected chi connectivity index (χ3v) is 8.82. The van der Waals surface area contributed by atoms with Gasteiger partial charge in [-0.15, -0.1) is 23.1 Å². The monoisotopic (exact) mass is 524 g/mol. The Kier molecular flexibility index (Phi) is 7.50. The minimum Gasteiger partial charge on any atom is -0.477 e. The van der Waals surface area contributed by atoms with Gasteiger partial charge < -0.3 is 30.5 Å². The molecule has 6 atom stereocenters. The highest BCUT2D eigenvalue weighted by atomic mass is 32.2. The number of carbonyl (C=O) groups is 4. The number of aromatic nitrogens is 1. The zero-order chi connectivity index (χ0) is 25.4. The third kappa shape index (κ3) is 4.82. The van der Waals surface area contributed by atoms with Crippen molar-refractivity contribution in [3.63, 3.8) is 0 Å². The van der Waals surface area contributed by atoms with E-state index in [0.29, 0.717) is 22.9 Å². The van der Waals surface area contributed by atoms with Gasteiger partial charge in [0.15, 0.2) is 5.69 Å². The molecule has 35 heavy (non-hydrogen) atoms. The first kappa shape index (κ1) is 25.6. The van der Waals surface area contributed by atoms with E-state index in [1.165, 1.54) is 28.0 Å². The van der Waals surface area contributed by atoms with Crippen LogP contribution in [-0.4, -0.2) is 80.4 Å². The van der Waals surface area contributed by atoms with Gasteiger partial charge in [-0.1, -0.05) is 6.92 Å². The summed E-state index contributed by atoms with van der Waals surface area (Å²) in [6.45, 7) is 6.09. The first-order chi connectivity index (χ1) is 16.6. The number of carboxylic acids is 1. The van der Waals surface area contributed by atoms with Crippen molar-refractivity contribution >= 4 is 46.9 Å². The Balaban J connectivity index is 1.34. The van der Waals surface area contributed by atoms with Gasteiger partial charge in [0.25, 0.3) is 0 Å². The molecule has 0 spiro atoms. The van der Waals surface area contributed by atoms with E-state index in [0.717, 1.165) is 0 Å². The number of amides is 2. The van der Waals surface area contributed by atoms with Gasteiger partial charge in [-0.2, -0.15) is 0 Å². The highest BCUT2D eigenvalue weighted by Crippen LogP contribution is 2.51. The molecule has 1 aromatic rings. The second kappa shape index (κ2) is 10.2. The molecule has 3 aliphatic heterocycles. The van der Waals surface area contributed by atoms with Crippen molar-refractivity contribution in [3.05, 3.63) is 26.7 Å². The Morgan fingerprint density at radius 3 is 2.83 bits per heavy atom. The highest BCUT2D eigenvalue weighted by Gasteiger charge is 2.60. The van der Waals surface area contributed by atoms with Gasteiger partial charge in [-0.25, -0.2) is 14.6 Å². The fourth-order valence-electron chi connectivity index (χ4n) is 4.83. The quantitative estimate of drug-likeness (QED) is 0.266. The molecule has 4 rings (SSSR count). The summed E-state index contributed by atoms with van der Waals surface area (Å²) in [6.07, 6.45) is -0.359. The van der Waals surface area contributed by atoms with E-state index in [1.807, 2.05) is 6.92 Å². The number of aliphatic carboxylic acids is 1. The second-order valence-corrected chi connectivity index (χ2v) is 11.1. The molecule has 0 saturated carbocycles. The number of hydrogen-bond acceptors (Lipinski definition) is 10. The number of aliphatic hydroxyl groups is 1. The summed E-state index contributed by atoms with van der Waals surface area (Å²) in [5.41, 5.74) is 0.203. The lowest BCUT2D eigenvalue weighted by atomic mass is 9.79. The Morgan fingerprint density at radius 1 is 1.43 bits per heavy atom. The molecular formula is C22H28N4O7S2. The second-order valence-electron chi connectivity index (χ2n) is 8.77. The molecule has 1 aromatic heterocycles. The van der Waals surface area contributed by atoms with E-state index in [4.69, 9.17) is 4.74 Å². The Bertz CT molecular complexity index is 1070. The van der Waals surface area contributed by atoms with Crippen LogP contribution in [0.1, 0.15) is 42.7 Å². The molecule has 0 unspecified atom stereocenters. The van der Waals surface area contributed by atoms with Crippen LogP contribution in [0, 0.1) is 11.8 Å². The number of thiazole rings is 1. The van der Waals surface area contributed by atoms with Gasteiger partial charge in [-0.05, 0) is 20.3 Å². The van der Waals surface area contributed by atoms with Gasteiger partial charge in [0.2, 0.25) is 11.8 Å². The number of fused-ring (bicyclic) bond motifs is 1. The molecule has 2 fully saturated rings. The fraction of sp³-hybridized carbons (Fsp3) is 0.591. The average molecular weight is 525 g/mol. The van der Waals surface area contributed by atoms with Crippen molar-refractivity contribution in [3.8, 4) is 0 Å². The number of nitrogens with one attached hydrogen (secondary N) is 2. The lowest BCUT2D eigenvalue weighted by Gasteiger charge is -2.46. The summed E-state index contributed by atoms with van der Waals surface area (Å²) in [5.74, 6) is -3.05. The van der Waals surface area contributed by atoms with Crippen molar-refractivity contribution in [2.45, 2.75) is 57.2 Å². The number of thioether (sulfide) groups is 1. The predicted octanol–water partition coefficient (Wildman–Crippen LogP) is 0.553. The fourth-order valence-corrected chi connectivity index (χ4v) is 7.01. The molecule has 4 heterocycles. The zero-order valence-corrected chi connectivity index (χ0v) is 21.1. The van der Waals surface area contributed by atoms with Gasteiger partial charge in [0.05, 0.1) is 37.3 Å². The molecule has 0 aromatic carbocycles. The van der Waals surface area contributed by atoms with E-state index < -0.39 is 30.0 Å². The predicted molar refractivity (Wildman–Crippen MR) is 127 cm³/mol. The Hall–Kier alpha value is -2.48. The number of carboxylic acid groups (broad SMARTS) is 1. The van der Waals surface area contributed by atoms with Crippen molar-refractivity contribution in [2.75, 3.05) is 13.2 Å². The minimum absolute atomic E-state index is 0.0107. The lowest BCUT2D eigenvalue weighted by Crippen LogP contribution is -2.63.